The van der Waals surface area contributed by atoms with Crippen molar-refractivity contribution in [3.8, 4) is 0 Å². The fraction of sp³-hybridized carbons (Fsp3) is 0.364. The molecule has 5 nitrogen and oxygen atoms in total. The molecule has 0 bridgehead atoms. The van der Waals surface area contributed by atoms with Gasteiger partial charge in [0.2, 0.25) is 5.91 Å². The van der Waals surface area contributed by atoms with Crippen LogP contribution in [-0.4, -0.2) is 42.9 Å². The number of nitrogens with one attached hydrogen (secondary N) is 1. The van der Waals surface area contributed by atoms with E-state index in [1.54, 1.807) is 0 Å². The summed E-state index contributed by atoms with van der Waals surface area (Å²) in [5.41, 5.74) is 3.70. The Balaban J connectivity index is 1.33. The molecule has 0 radical (unpaired) electrons. The van der Waals surface area contributed by atoms with Gasteiger partial charge in [0.1, 0.15) is 0 Å². The number of rotatable bonds is 4. The third-order valence-electron chi connectivity index (χ3n) is 5.32. The average Bonchev–Trinajstić information content (AvgIpc) is 3.54. The molecule has 5 heteroatoms. The normalized spacial score (nSPS) is 16.9. The van der Waals surface area contributed by atoms with Gasteiger partial charge in [-0.25, -0.2) is 0 Å². The summed E-state index contributed by atoms with van der Waals surface area (Å²) < 4.78 is 0. The zero-order valence-electron chi connectivity index (χ0n) is 15.6. The van der Waals surface area contributed by atoms with Gasteiger partial charge in [-0.3, -0.25) is 9.59 Å². The summed E-state index contributed by atoms with van der Waals surface area (Å²) in [5, 5.41) is 2.94. The lowest BCUT2D eigenvalue weighted by atomic mass is 10.1. The Hall–Kier alpha value is -2.82. The molecule has 0 spiro atoms. The second-order valence-electron chi connectivity index (χ2n) is 7.45. The number of anilines is 2. The Morgan fingerprint density at radius 2 is 1.52 bits per heavy atom. The van der Waals surface area contributed by atoms with Gasteiger partial charge in [0, 0.05) is 49.0 Å². The minimum Gasteiger partial charge on any atom is -0.368 e. The van der Waals surface area contributed by atoms with Crippen molar-refractivity contribution in [3.05, 3.63) is 59.7 Å². The molecule has 2 fully saturated rings. The minimum atomic E-state index is -0.102. The maximum Gasteiger partial charge on any atom is 0.255 e. The lowest BCUT2D eigenvalue weighted by Gasteiger charge is -2.36. The van der Waals surface area contributed by atoms with Crippen LogP contribution in [-0.2, 0) is 4.79 Å². The number of hydrogen-bond donors (Lipinski definition) is 1. The summed E-state index contributed by atoms with van der Waals surface area (Å²) in [5.74, 6) is 0.534. The smallest absolute Gasteiger partial charge is 0.255 e. The van der Waals surface area contributed by atoms with Gasteiger partial charge in [-0.2, -0.15) is 0 Å². The number of hydrogen-bond acceptors (Lipinski definition) is 3. The number of nitrogens with zero attached hydrogens (tertiary/aromatic N) is 2. The molecule has 1 aliphatic heterocycles. The maximum absolute atomic E-state index is 12.3. The van der Waals surface area contributed by atoms with Gasteiger partial charge >= 0.3 is 0 Å². The third-order valence-corrected chi connectivity index (χ3v) is 5.32. The Bertz CT molecular complexity index is 818. The van der Waals surface area contributed by atoms with E-state index in [0.717, 1.165) is 56.0 Å². The van der Waals surface area contributed by atoms with Gasteiger partial charge in [0.25, 0.3) is 5.91 Å². The van der Waals surface area contributed by atoms with Crippen LogP contribution >= 0.6 is 0 Å². The van der Waals surface area contributed by atoms with E-state index in [9.17, 15) is 9.59 Å². The lowest BCUT2D eigenvalue weighted by Crippen LogP contribution is -2.49. The zero-order chi connectivity index (χ0) is 18.8. The predicted molar refractivity (Wildman–Crippen MR) is 107 cm³/mol. The van der Waals surface area contributed by atoms with Gasteiger partial charge in [0.05, 0.1) is 0 Å². The summed E-state index contributed by atoms with van der Waals surface area (Å²) >= 11 is 0. The molecule has 0 atom stereocenters. The standard InChI is InChI=1S/C22H25N3O2/c1-16-2-4-17(5-3-16)21(26)23-19-8-10-20(11-9-19)24-12-14-25(15-13-24)22(27)18-6-7-18/h2-5,8-11,18H,6-7,12-15H2,1H3,(H,23,26). The summed E-state index contributed by atoms with van der Waals surface area (Å²) in [6.07, 6.45) is 2.13. The van der Waals surface area contributed by atoms with Crippen LogP contribution in [0.25, 0.3) is 0 Å². The highest BCUT2D eigenvalue weighted by Gasteiger charge is 2.34. The molecule has 1 aliphatic carbocycles. The van der Waals surface area contributed by atoms with Crippen LogP contribution < -0.4 is 10.2 Å². The lowest BCUT2D eigenvalue weighted by molar-refractivity contribution is -0.132. The number of benzene rings is 2. The van der Waals surface area contributed by atoms with Crippen LogP contribution in [0, 0.1) is 12.8 Å². The van der Waals surface area contributed by atoms with Crippen molar-refractivity contribution in [2.75, 3.05) is 36.4 Å². The molecule has 1 saturated carbocycles. The van der Waals surface area contributed by atoms with Crippen molar-refractivity contribution in [1.29, 1.82) is 0 Å². The molecule has 1 saturated heterocycles. The molecular formula is C22H25N3O2. The average molecular weight is 363 g/mol. The number of piperazine rings is 1. The quantitative estimate of drug-likeness (QED) is 0.907. The first-order valence-corrected chi connectivity index (χ1v) is 9.62. The highest BCUT2D eigenvalue weighted by atomic mass is 16.2. The molecular weight excluding hydrogens is 338 g/mol. The highest BCUT2D eigenvalue weighted by Crippen LogP contribution is 2.31. The van der Waals surface area contributed by atoms with Gasteiger partial charge in [-0.15, -0.1) is 0 Å². The van der Waals surface area contributed by atoms with E-state index in [1.807, 2.05) is 60.4 Å². The van der Waals surface area contributed by atoms with Crippen LogP contribution in [0.4, 0.5) is 11.4 Å². The molecule has 2 amide bonds. The first kappa shape index (κ1) is 17.6. The van der Waals surface area contributed by atoms with E-state index in [4.69, 9.17) is 0 Å². The fourth-order valence-corrected chi connectivity index (χ4v) is 3.44. The second-order valence-corrected chi connectivity index (χ2v) is 7.45. The molecule has 27 heavy (non-hydrogen) atoms. The molecule has 1 heterocycles. The van der Waals surface area contributed by atoms with E-state index < -0.39 is 0 Å². The molecule has 2 aromatic rings. The maximum atomic E-state index is 12.3. The SMILES string of the molecule is Cc1ccc(C(=O)Nc2ccc(N3CCN(C(=O)C4CC4)CC3)cc2)cc1. The number of carbonyl (C=O) groups excluding carboxylic acids is 2. The number of amides is 2. The second kappa shape index (κ2) is 7.43. The monoisotopic (exact) mass is 363 g/mol. The molecule has 1 N–H and O–H groups in total. The van der Waals surface area contributed by atoms with Crippen LogP contribution in [0.1, 0.15) is 28.8 Å². The topological polar surface area (TPSA) is 52.7 Å². The first-order valence-electron chi connectivity index (χ1n) is 9.62. The summed E-state index contributed by atoms with van der Waals surface area (Å²) in [4.78, 5) is 28.8. The minimum absolute atomic E-state index is 0.102. The third kappa shape index (κ3) is 4.13. The van der Waals surface area contributed by atoms with Crippen molar-refractivity contribution < 1.29 is 9.59 Å². The Kier molecular flexibility index (Phi) is 4.84. The molecule has 2 aromatic carbocycles. The Labute approximate surface area is 160 Å². The van der Waals surface area contributed by atoms with Crippen molar-refractivity contribution in [3.63, 3.8) is 0 Å². The number of carbonyl (C=O) groups is 2. The van der Waals surface area contributed by atoms with Gasteiger partial charge in [-0.1, -0.05) is 17.7 Å². The van der Waals surface area contributed by atoms with E-state index in [1.165, 1.54) is 0 Å². The summed E-state index contributed by atoms with van der Waals surface area (Å²) in [7, 11) is 0. The van der Waals surface area contributed by atoms with E-state index >= 15 is 0 Å². The van der Waals surface area contributed by atoms with Gasteiger partial charge in [0.15, 0.2) is 0 Å². The fourth-order valence-electron chi connectivity index (χ4n) is 3.44. The zero-order valence-corrected chi connectivity index (χ0v) is 15.6. The van der Waals surface area contributed by atoms with E-state index in [2.05, 4.69) is 10.2 Å². The van der Waals surface area contributed by atoms with Crippen LogP contribution in [0.3, 0.4) is 0 Å². The molecule has 0 aromatic heterocycles. The Morgan fingerprint density at radius 1 is 0.889 bits per heavy atom. The predicted octanol–water partition coefficient (Wildman–Crippen LogP) is 3.31. The van der Waals surface area contributed by atoms with E-state index in [0.29, 0.717) is 17.4 Å². The largest absolute Gasteiger partial charge is 0.368 e. The van der Waals surface area contributed by atoms with Gasteiger partial charge < -0.3 is 15.1 Å². The molecule has 140 valence electrons. The first-order chi connectivity index (χ1) is 13.1. The molecule has 0 unspecified atom stereocenters. The number of aryl methyl sites for hydroxylation is 1. The van der Waals surface area contributed by atoms with Crippen molar-refractivity contribution in [1.82, 2.24) is 4.90 Å². The van der Waals surface area contributed by atoms with E-state index in [-0.39, 0.29) is 5.91 Å². The van der Waals surface area contributed by atoms with Crippen molar-refractivity contribution >= 4 is 23.2 Å². The van der Waals surface area contributed by atoms with Crippen molar-refractivity contribution in [2.24, 2.45) is 5.92 Å². The van der Waals surface area contributed by atoms with Gasteiger partial charge in [-0.05, 0) is 56.2 Å². The van der Waals surface area contributed by atoms with Crippen LogP contribution in [0.15, 0.2) is 48.5 Å². The Morgan fingerprint density at radius 3 is 2.11 bits per heavy atom. The summed E-state index contributed by atoms with van der Waals surface area (Å²) in [6, 6.07) is 15.5. The van der Waals surface area contributed by atoms with Crippen LogP contribution in [0.2, 0.25) is 0 Å². The molecule has 4 rings (SSSR count). The highest BCUT2D eigenvalue weighted by molar-refractivity contribution is 6.04. The molecule has 2 aliphatic rings. The van der Waals surface area contributed by atoms with Crippen molar-refractivity contribution in [2.45, 2.75) is 19.8 Å². The van der Waals surface area contributed by atoms with Crippen LogP contribution in [0.5, 0.6) is 0 Å². The summed E-state index contributed by atoms with van der Waals surface area (Å²) in [6.45, 7) is 5.30.